The third kappa shape index (κ3) is 3.55. The van der Waals surface area contributed by atoms with E-state index in [0.29, 0.717) is 5.41 Å². The first-order chi connectivity index (χ1) is 13.7. The molecule has 3 saturated carbocycles. The maximum absolute atomic E-state index is 10.3. The fraction of sp³-hybridized carbons (Fsp3) is 0.926. The van der Waals surface area contributed by atoms with Crippen molar-refractivity contribution in [1.29, 1.82) is 0 Å². The van der Waals surface area contributed by atoms with Crippen molar-refractivity contribution in [3.63, 3.8) is 0 Å². The lowest BCUT2D eigenvalue weighted by Gasteiger charge is -2.60. The lowest BCUT2D eigenvalue weighted by atomic mass is 9.46. The summed E-state index contributed by atoms with van der Waals surface area (Å²) in [5, 5.41) is 10.3. The first-order valence-electron chi connectivity index (χ1n) is 12.8. The second-order valence-corrected chi connectivity index (χ2v) is 12.4. The van der Waals surface area contributed by atoms with E-state index in [4.69, 9.17) is 5.73 Å². The minimum absolute atomic E-state index is 0.127. The van der Waals surface area contributed by atoms with Gasteiger partial charge in [0.25, 0.3) is 0 Å². The minimum Gasteiger partial charge on any atom is -0.393 e. The van der Waals surface area contributed by atoms with E-state index in [0.717, 1.165) is 48.3 Å². The molecule has 2 heteroatoms. The van der Waals surface area contributed by atoms with Gasteiger partial charge in [-0.05, 0) is 85.9 Å². The van der Waals surface area contributed by atoms with Crippen molar-refractivity contribution >= 4 is 0 Å². The first-order valence-corrected chi connectivity index (χ1v) is 12.8. The van der Waals surface area contributed by atoms with Crippen LogP contribution < -0.4 is 5.73 Å². The second kappa shape index (κ2) is 7.97. The van der Waals surface area contributed by atoms with Crippen molar-refractivity contribution in [2.75, 3.05) is 0 Å². The Morgan fingerprint density at radius 3 is 2.59 bits per heavy atom. The van der Waals surface area contributed by atoms with Gasteiger partial charge in [-0.1, -0.05) is 65.5 Å². The van der Waals surface area contributed by atoms with Crippen molar-refractivity contribution in [2.24, 2.45) is 52.1 Å². The Morgan fingerprint density at radius 1 is 1.10 bits per heavy atom. The largest absolute Gasteiger partial charge is 0.393 e. The summed E-state index contributed by atoms with van der Waals surface area (Å²) in [6.07, 6.45) is 15.0. The van der Waals surface area contributed by atoms with Crippen LogP contribution in [0.4, 0.5) is 0 Å². The van der Waals surface area contributed by atoms with Gasteiger partial charge >= 0.3 is 0 Å². The summed E-state index contributed by atoms with van der Waals surface area (Å²) >= 11 is 0. The van der Waals surface area contributed by atoms with Gasteiger partial charge in [0.15, 0.2) is 0 Å². The van der Waals surface area contributed by atoms with Crippen molar-refractivity contribution in [2.45, 2.75) is 111 Å². The average Bonchev–Trinajstić information content (AvgIpc) is 3.00. The van der Waals surface area contributed by atoms with Crippen LogP contribution in [0, 0.1) is 46.3 Å². The van der Waals surface area contributed by atoms with Crippen LogP contribution in [0.3, 0.4) is 0 Å². The molecule has 29 heavy (non-hydrogen) atoms. The lowest BCUT2D eigenvalue weighted by molar-refractivity contribution is -0.0638. The molecule has 9 atom stereocenters. The van der Waals surface area contributed by atoms with Gasteiger partial charge in [0.1, 0.15) is 0 Å². The minimum atomic E-state index is -0.225. The molecule has 1 unspecified atom stereocenters. The van der Waals surface area contributed by atoms with Crippen molar-refractivity contribution in [3.05, 3.63) is 11.6 Å². The summed E-state index contributed by atoms with van der Waals surface area (Å²) in [7, 11) is 0. The number of hydrogen-bond acceptors (Lipinski definition) is 2. The first kappa shape index (κ1) is 21.9. The zero-order chi connectivity index (χ0) is 21.0. The van der Waals surface area contributed by atoms with Gasteiger partial charge in [-0.15, -0.1) is 0 Å². The van der Waals surface area contributed by atoms with Gasteiger partial charge in [0.2, 0.25) is 0 Å². The molecule has 0 spiro atoms. The number of aliphatic hydroxyl groups is 1. The van der Waals surface area contributed by atoms with Crippen LogP contribution in [0.2, 0.25) is 0 Å². The molecule has 2 nitrogen and oxygen atoms in total. The predicted octanol–water partition coefficient (Wildman–Crippen LogP) is 6.33. The Balaban J connectivity index is 1.52. The molecular weight excluding hydrogens is 354 g/mol. The molecule has 0 amide bonds. The summed E-state index contributed by atoms with van der Waals surface area (Å²) in [6, 6.07) is 0.127. The van der Waals surface area contributed by atoms with Crippen LogP contribution in [-0.4, -0.2) is 17.3 Å². The lowest BCUT2D eigenvalue weighted by Crippen LogP contribution is -2.58. The highest BCUT2D eigenvalue weighted by atomic mass is 16.3. The zero-order valence-corrected chi connectivity index (χ0v) is 19.8. The molecule has 166 valence electrons. The number of aliphatic hydroxyl groups excluding tert-OH is 1. The van der Waals surface area contributed by atoms with E-state index in [1.54, 1.807) is 0 Å². The number of hydrogen-bond donors (Lipinski definition) is 2. The van der Waals surface area contributed by atoms with Crippen LogP contribution in [-0.2, 0) is 0 Å². The smallest absolute Gasteiger partial charge is 0.0592 e. The van der Waals surface area contributed by atoms with Gasteiger partial charge in [0, 0.05) is 11.5 Å². The highest BCUT2D eigenvalue weighted by Crippen LogP contribution is 2.67. The van der Waals surface area contributed by atoms with Crippen molar-refractivity contribution in [1.82, 2.24) is 0 Å². The van der Waals surface area contributed by atoms with Crippen LogP contribution in [0.1, 0.15) is 98.8 Å². The molecule has 0 bridgehead atoms. The van der Waals surface area contributed by atoms with E-state index < -0.39 is 0 Å². The van der Waals surface area contributed by atoms with E-state index in [1.165, 1.54) is 56.9 Å². The summed E-state index contributed by atoms with van der Waals surface area (Å²) in [6.45, 7) is 12.4. The fourth-order valence-corrected chi connectivity index (χ4v) is 8.81. The predicted molar refractivity (Wildman–Crippen MR) is 122 cm³/mol. The molecule has 3 N–H and O–H groups in total. The van der Waals surface area contributed by atoms with Gasteiger partial charge in [-0.25, -0.2) is 0 Å². The SMILES string of the molecule is CC(C)CCC[C@@H](C)[C@H]1CC[C@H]2[C@@H]3CC=C4C[C@H](O)CC(N)[C@]4(C)[C@H]3CC[C@]12C. The highest BCUT2D eigenvalue weighted by Gasteiger charge is 2.60. The molecule has 0 aliphatic heterocycles. The molecule has 0 saturated heterocycles. The van der Waals surface area contributed by atoms with Crippen LogP contribution in [0.5, 0.6) is 0 Å². The van der Waals surface area contributed by atoms with Gasteiger partial charge in [-0.2, -0.15) is 0 Å². The average molecular weight is 402 g/mol. The second-order valence-electron chi connectivity index (χ2n) is 12.4. The number of fused-ring (bicyclic) bond motifs is 5. The maximum atomic E-state index is 10.3. The quantitative estimate of drug-likeness (QED) is 0.529. The zero-order valence-electron chi connectivity index (χ0n) is 19.8. The fourth-order valence-electron chi connectivity index (χ4n) is 8.81. The normalized spacial score (nSPS) is 47.9. The standard InChI is InChI=1S/C27H47NO/c1-17(2)7-6-8-18(3)22-11-12-23-21-10-9-19-15-20(29)16-25(28)27(19,5)24(21)13-14-26(22,23)4/h9,17-18,20-25,29H,6-8,10-16,28H2,1-5H3/t18-,20+,21+,22-,23+,24+,25?,26-,27+/m1/s1. The van der Waals surface area contributed by atoms with Gasteiger partial charge in [0.05, 0.1) is 6.10 Å². The molecule has 0 radical (unpaired) electrons. The monoisotopic (exact) mass is 401 g/mol. The molecule has 0 aromatic rings. The van der Waals surface area contributed by atoms with E-state index in [2.05, 4.69) is 40.7 Å². The van der Waals surface area contributed by atoms with Gasteiger partial charge < -0.3 is 10.8 Å². The molecule has 4 aliphatic rings. The number of allylic oxidation sites excluding steroid dienone is 1. The third-order valence-corrected chi connectivity index (χ3v) is 10.5. The molecule has 4 aliphatic carbocycles. The number of nitrogens with two attached hydrogens (primary N) is 1. The van der Waals surface area contributed by atoms with Crippen LogP contribution in [0.25, 0.3) is 0 Å². The van der Waals surface area contributed by atoms with Crippen molar-refractivity contribution < 1.29 is 5.11 Å². The summed E-state index contributed by atoms with van der Waals surface area (Å²) < 4.78 is 0. The van der Waals surface area contributed by atoms with Crippen LogP contribution in [0.15, 0.2) is 11.6 Å². The van der Waals surface area contributed by atoms with Gasteiger partial charge in [-0.3, -0.25) is 0 Å². The molecule has 0 aromatic carbocycles. The van der Waals surface area contributed by atoms with E-state index in [1.807, 2.05) is 0 Å². The Hall–Kier alpha value is -0.340. The summed E-state index contributed by atoms with van der Waals surface area (Å²) in [4.78, 5) is 0. The van der Waals surface area contributed by atoms with E-state index in [9.17, 15) is 5.11 Å². The molecule has 4 rings (SSSR count). The number of rotatable bonds is 5. The Labute approximate surface area is 180 Å². The summed E-state index contributed by atoms with van der Waals surface area (Å²) in [5.74, 6) is 5.06. The molecule has 0 aromatic heterocycles. The highest BCUT2D eigenvalue weighted by molar-refractivity contribution is 5.28. The van der Waals surface area contributed by atoms with E-state index >= 15 is 0 Å². The maximum Gasteiger partial charge on any atom is 0.0592 e. The Kier molecular flexibility index (Phi) is 6.01. The molecular formula is C27H47NO. The van der Waals surface area contributed by atoms with Crippen molar-refractivity contribution in [3.8, 4) is 0 Å². The Morgan fingerprint density at radius 2 is 1.86 bits per heavy atom. The van der Waals surface area contributed by atoms with E-state index in [-0.39, 0.29) is 17.6 Å². The third-order valence-electron chi connectivity index (χ3n) is 10.5. The molecule has 0 heterocycles. The Bertz CT molecular complexity index is 626. The molecule has 3 fully saturated rings. The summed E-state index contributed by atoms with van der Waals surface area (Å²) in [5.41, 5.74) is 8.91. The topological polar surface area (TPSA) is 46.2 Å². The van der Waals surface area contributed by atoms with Crippen LogP contribution >= 0.6 is 0 Å².